The van der Waals surface area contributed by atoms with Gasteiger partial charge in [0.15, 0.2) is 4.34 Å². The van der Waals surface area contributed by atoms with Gasteiger partial charge in [0.1, 0.15) is 22.2 Å². The van der Waals surface area contributed by atoms with Crippen LogP contribution in [0.15, 0.2) is 14.9 Å². The average Bonchev–Trinajstić information content (AvgIpc) is 2.84. The van der Waals surface area contributed by atoms with Crippen molar-refractivity contribution in [3.63, 3.8) is 0 Å². The van der Waals surface area contributed by atoms with E-state index in [2.05, 4.69) is 39.3 Å². The van der Waals surface area contributed by atoms with Gasteiger partial charge in [-0.15, -0.1) is 10.2 Å². The van der Waals surface area contributed by atoms with E-state index in [4.69, 9.17) is 0 Å². The predicted octanol–water partition coefficient (Wildman–Crippen LogP) is 2.95. The van der Waals surface area contributed by atoms with Crippen LogP contribution in [0.25, 0.3) is 0 Å². The summed E-state index contributed by atoms with van der Waals surface area (Å²) in [5.74, 6) is 2.02. The van der Waals surface area contributed by atoms with Gasteiger partial charge in [0.05, 0.1) is 0 Å². The van der Waals surface area contributed by atoms with E-state index in [1.165, 1.54) is 23.1 Å². The van der Waals surface area contributed by atoms with Crippen LogP contribution in [0.1, 0.15) is 31.2 Å². The normalized spacial score (nSPS) is 10.9. The molecule has 96 valence electrons. The molecule has 0 spiro atoms. The SMILES string of the molecule is CNc1nc(C(C)C)nc(Sc2nncs2)c1C. The zero-order valence-electron chi connectivity index (χ0n) is 10.8. The Morgan fingerprint density at radius 1 is 1.33 bits per heavy atom. The van der Waals surface area contributed by atoms with E-state index in [1.807, 2.05) is 14.0 Å². The van der Waals surface area contributed by atoms with Crippen LogP contribution in [0.4, 0.5) is 5.82 Å². The molecule has 0 fully saturated rings. The van der Waals surface area contributed by atoms with Crippen LogP contribution < -0.4 is 5.32 Å². The van der Waals surface area contributed by atoms with Crippen molar-refractivity contribution in [1.82, 2.24) is 20.2 Å². The van der Waals surface area contributed by atoms with Crippen LogP contribution >= 0.6 is 23.1 Å². The van der Waals surface area contributed by atoms with Crippen molar-refractivity contribution in [1.29, 1.82) is 0 Å². The second-order valence-corrected chi connectivity index (χ2v) is 6.14. The summed E-state index contributed by atoms with van der Waals surface area (Å²) in [6.45, 7) is 6.19. The molecular weight excluding hydrogens is 266 g/mol. The minimum atomic E-state index is 0.298. The Balaban J connectivity index is 2.41. The largest absolute Gasteiger partial charge is 0.373 e. The lowest BCUT2D eigenvalue weighted by molar-refractivity contribution is 0.749. The molecule has 2 rings (SSSR count). The molecule has 0 saturated carbocycles. The third-order valence-electron chi connectivity index (χ3n) is 2.40. The summed E-state index contributed by atoms with van der Waals surface area (Å²) >= 11 is 3.05. The summed E-state index contributed by atoms with van der Waals surface area (Å²) in [6.07, 6.45) is 0. The Bertz CT molecular complexity index is 524. The van der Waals surface area contributed by atoms with Crippen molar-refractivity contribution in [3.8, 4) is 0 Å². The maximum Gasteiger partial charge on any atom is 0.180 e. The van der Waals surface area contributed by atoms with E-state index in [1.54, 1.807) is 5.51 Å². The summed E-state index contributed by atoms with van der Waals surface area (Å²) in [5, 5.41) is 11.9. The van der Waals surface area contributed by atoms with Crippen molar-refractivity contribution in [2.45, 2.75) is 36.1 Å². The van der Waals surface area contributed by atoms with Gasteiger partial charge in [0.25, 0.3) is 0 Å². The highest BCUT2D eigenvalue weighted by Crippen LogP contribution is 2.32. The molecule has 2 aromatic heterocycles. The smallest absolute Gasteiger partial charge is 0.180 e. The fourth-order valence-corrected chi connectivity index (χ4v) is 2.88. The Labute approximate surface area is 114 Å². The van der Waals surface area contributed by atoms with Gasteiger partial charge in [-0.2, -0.15) is 0 Å². The molecule has 0 radical (unpaired) electrons. The lowest BCUT2D eigenvalue weighted by Gasteiger charge is -2.12. The van der Waals surface area contributed by atoms with Crippen molar-refractivity contribution < 1.29 is 0 Å². The van der Waals surface area contributed by atoms with Gasteiger partial charge in [0, 0.05) is 18.5 Å². The number of hydrogen-bond acceptors (Lipinski definition) is 7. The summed E-state index contributed by atoms with van der Waals surface area (Å²) < 4.78 is 0.897. The molecule has 7 heteroatoms. The van der Waals surface area contributed by atoms with Crippen LogP contribution in [0.5, 0.6) is 0 Å². The molecule has 5 nitrogen and oxygen atoms in total. The molecule has 0 atom stereocenters. The Morgan fingerprint density at radius 3 is 2.67 bits per heavy atom. The second kappa shape index (κ2) is 5.62. The first-order chi connectivity index (χ1) is 8.61. The van der Waals surface area contributed by atoms with Crippen molar-refractivity contribution >= 4 is 28.9 Å². The van der Waals surface area contributed by atoms with E-state index in [-0.39, 0.29) is 0 Å². The van der Waals surface area contributed by atoms with Gasteiger partial charge in [-0.05, 0) is 18.7 Å². The van der Waals surface area contributed by atoms with E-state index < -0.39 is 0 Å². The number of nitrogens with zero attached hydrogens (tertiary/aromatic N) is 4. The molecule has 2 aromatic rings. The molecule has 1 N–H and O–H groups in total. The predicted molar refractivity (Wildman–Crippen MR) is 74.4 cm³/mol. The molecule has 0 unspecified atom stereocenters. The number of anilines is 1. The Hall–Kier alpha value is -1.21. The lowest BCUT2D eigenvalue weighted by Crippen LogP contribution is -2.06. The highest BCUT2D eigenvalue weighted by molar-refractivity contribution is 8.01. The number of rotatable bonds is 4. The zero-order valence-corrected chi connectivity index (χ0v) is 12.4. The highest BCUT2D eigenvalue weighted by atomic mass is 32.2. The second-order valence-electron chi connectivity index (χ2n) is 4.07. The zero-order chi connectivity index (χ0) is 13.1. The Kier molecular flexibility index (Phi) is 4.13. The third-order valence-corrected chi connectivity index (χ3v) is 4.26. The van der Waals surface area contributed by atoms with Gasteiger partial charge >= 0.3 is 0 Å². The monoisotopic (exact) mass is 281 g/mol. The van der Waals surface area contributed by atoms with Gasteiger partial charge in [0.2, 0.25) is 0 Å². The van der Waals surface area contributed by atoms with Crippen LogP contribution in [0.3, 0.4) is 0 Å². The van der Waals surface area contributed by atoms with E-state index in [0.29, 0.717) is 5.92 Å². The van der Waals surface area contributed by atoms with Gasteiger partial charge in [-0.3, -0.25) is 0 Å². The van der Waals surface area contributed by atoms with E-state index >= 15 is 0 Å². The van der Waals surface area contributed by atoms with Crippen molar-refractivity contribution in [2.75, 3.05) is 12.4 Å². The molecule has 0 aliphatic heterocycles. The highest BCUT2D eigenvalue weighted by Gasteiger charge is 2.14. The lowest BCUT2D eigenvalue weighted by atomic mass is 10.2. The molecule has 0 aromatic carbocycles. The topological polar surface area (TPSA) is 63.6 Å². The maximum absolute atomic E-state index is 4.61. The standard InChI is InChI=1S/C11H15N5S2/c1-6(2)8-14-9(12-4)7(3)10(15-8)18-11-16-13-5-17-11/h5-6H,1-4H3,(H,12,14,15). The van der Waals surface area contributed by atoms with Crippen LogP contribution in [0.2, 0.25) is 0 Å². The van der Waals surface area contributed by atoms with Gasteiger partial charge in [-0.1, -0.05) is 25.2 Å². The van der Waals surface area contributed by atoms with Crippen LogP contribution in [-0.4, -0.2) is 27.2 Å². The van der Waals surface area contributed by atoms with E-state index in [9.17, 15) is 0 Å². The first-order valence-corrected chi connectivity index (χ1v) is 7.31. The van der Waals surface area contributed by atoms with Crippen LogP contribution in [-0.2, 0) is 0 Å². The molecule has 2 heterocycles. The number of hydrogen-bond donors (Lipinski definition) is 1. The van der Waals surface area contributed by atoms with Crippen molar-refractivity contribution in [2.24, 2.45) is 0 Å². The molecule has 0 bridgehead atoms. The fourth-order valence-electron chi connectivity index (χ4n) is 1.40. The van der Waals surface area contributed by atoms with Crippen LogP contribution in [0, 0.1) is 6.92 Å². The van der Waals surface area contributed by atoms with Gasteiger partial charge in [-0.25, -0.2) is 9.97 Å². The molecular formula is C11H15N5S2. The molecule has 0 aliphatic carbocycles. The minimum Gasteiger partial charge on any atom is -0.373 e. The summed E-state index contributed by atoms with van der Waals surface area (Å²) in [4.78, 5) is 9.12. The van der Waals surface area contributed by atoms with Crippen molar-refractivity contribution in [3.05, 3.63) is 16.9 Å². The third kappa shape index (κ3) is 2.78. The maximum atomic E-state index is 4.61. The fraction of sp³-hybridized carbons (Fsp3) is 0.455. The number of aromatic nitrogens is 4. The van der Waals surface area contributed by atoms with E-state index in [0.717, 1.165) is 26.6 Å². The molecule has 18 heavy (non-hydrogen) atoms. The van der Waals surface area contributed by atoms with Gasteiger partial charge < -0.3 is 5.32 Å². The average molecular weight is 281 g/mol. The quantitative estimate of drug-likeness (QED) is 0.869. The number of nitrogens with one attached hydrogen (secondary N) is 1. The summed E-state index contributed by atoms with van der Waals surface area (Å²) in [7, 11) is 1.87. The first kappa shape index (κ1) is 13.2. The molecule has 0 aliphatic rings. The Morgan fingerprint density at radius 2 is 2.11 bits per heavy atom. The molecule has 0 amide bonds. The summed E-state index contributed by atoms with van der Waals surface area (Å²) in [6, 6.07) is 0. The summed E-state index contributed by atoms with van der Waals surface area (Å²) in [5.41, 5.74) is 2.77. The first-order valence-electron chi connectivity index (χ1n) is 5.62. The molecule has 0 saturated heterocycles. The minimum absolute atomic E-state index is 0.298.